The molecule has 0 saturated heterocycles. The summed E-state index contributed by atoms with van der Waals surface area (Å²) in [5.41, 5.74) is 11.6. The molecule has 4 N–H and O–H groups in total. The fourth-order valence-corrected chi connectivity index (χ4v) is 4.41. The molecule has 6 heteroatoms. The van der Waals surface area contributed by atoms with Crippen molar-refractivity contribution in [3.05, 3.63) is 58.9 Å². The van der Waals surface area contributed by atoms with Crippen molar-refractivity contribution in [1.29, 1.82) is 0 Å². The molecule has 1 aliphatic carbocycles. The molecule has 6 nitrogen and oxygen atoms in total. The molecule has 0 radical (unpaired) electrons. The SMILES string of the molecule is Cc1cccc(C)c1Nc1c(C2CCCCC2)nc2cc(C(=O)NCCN)ccn12. The number of carbonyl (C=O) groups excluding carboxylic acids is 1. The van der Waals surface area contributed by atoms with Crippen LogP contribution in [0.1, 0.15) is 65.2 Å². The van der Waals surface area contributed by atoms with Crippen molar-refractivity contribution in [2.75, 3.05) is 18.4 Å². The van der Waals surface area contributed by atoms with Crippen LogP contribution >= 0.6 is 0 Å². The van der Waals surface area contributed by atoms with Crippen LogP contribution in [0.15, 0.2) is 36.5 Å². The average Bonchev–Trinajstić information content (AvgIpc) is 3.13. The zero-order valence-electron chi connectivity index (χ0n) is 17.9. The first-order valence-corrected chi connectivity index (χ1v) is 10.9. The van der Waals surface area contributed by atoms with Crippen molar-refractivity contribution in [2.24, 2.45) is 5.73 Å². The lowest BCUT2D eigenvalue weighted by Gasteiger charge is -2.22. The summed E-state index contributed by atoms with van der Waals surface area (Å²) in [7, 11) is 0. The lowest BCUT2D eigenvalue weighted by atomic mass is 9.87. The number of pyridine rings is 1. The number of anilines is 2. The first-order valence-electron chi connectivity index (χ1n) is 10.9. The fourth-order valence-electron chi connectivity index (χ4n) is 4.41. The van der Waals surface area contributed by atoms with Gasteiger partial charge in [-0.25, -0.2) is 4.98 Å². The summed E-state index contributed by atoms with van der Waals surface area (Å²) in [5.74, 6) is 1.35. The van der Waals surface area contributed by atoms with Gasteiger partial charge in [-0.2, -0.15) is 0 Å². The Morgan fingerprint density at radius 3 is 2.60 bits per heavy atom. The van der Waals surface area contributed by atoms with E-state index in [2.05, 4.69) is 47.1 Å². The predicted octanol–water partition coefficient (Wildman–Crippen LogP) is 4.43. The highest BCUT2D eigenvalue weighted by Crippen LogP contribution is 2.38. The van der Waals surface area contributed by atoms with E-state index in [1.807, 2.05) is 18.3 Å². The number of fused-ring (bicyclic) bond motifs is 1. The zero-order valence-corrected chi connectivity index (χ0v) is 17.9. The van der Waals surface area contributed by atoms with E-state index in [0.29, 0.717) is 24.6 Å². The third kappa shape index (κ3) is 4.05. The molecule has 3 aromatic rings. The summed E-state index contributed by atoms with van der Waals surface area (Å²) >= 11 is 0. The van der Waals surface area contributed by atoms with Gasteiger partial charge < -0.3 is 16.4 Å². The van der Waals surface area contributed by atoms with Crippen molar-refractivity contribution < 1.29 is 4.79 Å². The van der Waals surface area contributed by atoms with Crippen LogP contribution in [0.2, 0.25) is 0 Å². The Bertz CT molecular complexity index is 1030. The predicted molar refractivity (Wildman–Crippen MR) is 122 cm³/mol. The molecular formula is C24H31N5O. The van der Waals surface area contributed by atoms with E-state index >= 15 is 0 Å². The van der Waals surface area contributed by atoms with Gasteiger partial charge in [-0.15, -0.1) is 0 Å². The number of amides is 1. The molecule has 4 rings (SSSR count). The van der Waals surface area contributed by atoms with Gasteiger partial charge in [-0.3, -0.25) is 9.20 Å². The van der Waals surface area contributed by atoms with E-state index in [0.717, 1.165) is 35.7 Å². The van der Waals surface area contributed by atoms with Gasteiger partial charge in [0, 0.05) is 36.5 Å². The standard InChI is InChI=1S/C24H31N5O/c1-16-7-6-8-17(2)21(16)28-23-22(18-9-4-3-5-10-18)27-20-15-19(11-14-29(20)23)24(30)26-13-12-25/h6-8,11,14-15,18,28H,3-5,9-10,12-13,25H2,1-2H3,(H,26,30). The molecule has 158 valence electrons. The molecule has 1 aromatic carbocycles. The number of hydrogen-bond acceptors (Lipinski definition) is 4. The van der Waals surface area contributed by atoms with Gasteiger partial charge >= 0.3 is 0 Å². The van der Waals surface area contributed by atoms with E-state index in [-0.39, 0.29) is 5.91 Å². The van der Waals surface area contributed by atoms with Crippen molar-refractivity contribution in [3.8, 4) is 0 Å². The topological polar surface area (TPSA) is 84.5 Å². The second-order valence-corrected chi connectivity index (χ2v) is 8.26. The van der Waals surface area contributed by atoms with Gasteiger partial charge in [-0.05, 0) is 49.9 Å². The highest BCUT2D eigenvalue weighted by atomic mass is 16.1. The molecule has 30 heavy (non-hydrogen) atoms. The Kier molecular flexibility index (Phi) is 6.04. The summed E-state index contributed by atoms with van der Waals surface area (Å²) < 4.78 is 2.08. The van der Waals surface area contributed by atoms with Crippen molar-refractivity contribution in [2.45, 2.75) is 51.9 Å². The minimum Gasteiger partial charge on any atom is -0.351 e. The molecule has 1 fully saturated rings. The Morgan fingerprint density at radius 1 is 1.17 bits per heavy atom. The van der Waals surface area contributed by atoms with Crippen LogP contribution in [0.25, 0.3) is 5.65 Å². The second kappa shape index (κ2) is 8.88. The number of hydrogen-bond donors (Lipinski definition) is 3. The zero-order chi connectivity index (χ0) is 21.1. The third-order valence-electron chi connectivity index (χ3n) is 6.06. The Hall–Kier alpha value is -2.86. The fraction of sp³-hybridized carbons (Fsp3) is 0.417. The summed E-state index contributed by atoms with van der Waals surface area (Å²) in [6.45, 7) is 5.13. The van der Waals surface area contributed by atoms with Crippen LogP contribution in [-0.4, -0.2) is 28.4 Å². The highest BCUT2D eigenvalue weighted by molar-refractivity contribution is 5.95. The van der Waals surface area contributed by atoms with Crippen LogP contribution < -0.4 is 16.4 Å². The Labute approximate surface area is 177 Å². The summed E-state index contributed by atoms with van der Waals surface area (Å²) in [4.78, 5) is 17.4. The minimum absolute atomic E-state index is 0.116. The molecule has 1 amide bonds. The Morgan fingerprint density at radius 2 is 1.90 bits per heavy atom. The van der Waals surface area contributed by atoms with Gasteiger partial charge in [0.1, 0.15) is 11.5 Å². The first-order chi connectivity index (χ1) is 14.6. The Balaban J connectivity index is 1.78. The quantitative estimate of drug-likeness (QED) is 0.566. The van der Waals surface area contributed by atoms with Gasteiger partial charge in [0.2, 0.25) is 0 Å². The van der Waals surface area contributed by atoms with Crippen LogP contribution in [0.3, 0.4) is 0 Å². The molecule has 0 bridgehead atoms. The van der Waals surface area contributed by atoms with E-state index in [9.17, 15) is 4.79 Å². The van der Waals surface area contributed by atoms with Crippen LogP contribution in [-0.2, 0) is 0 Å². The van der Waals surface area contributed by atoms with Gasteiger partial charge in [0.25, 0.3) is 5.91 Å². The van der Waals surface area contributed by atoms with Crippen LogP contribution in [0.5, 0.6) is 0 Å². The lowest BCUT2D eigenvalue weighted by molar-refractivity contribution is 0.0954. The maximum absolute atomic E-state index is 12.4. The molecule has 0 atom stereocenters. The molecule has 2 heterocycles. The smallest absolute Gasteiger partial charge is 0.251 e. The number of carbonyl (C=O) groups is 1. The van der Waals surface area contributed by atoms with Crippen molar-refractivity contribution >= 4 is 23.1 Å². The van der Waals surface area contributed by atoms with Crippen molar-refractivity contribution in [1.82, 2.24) is 14.7 Å². The van der Waals surface area contributed by atoms with Gasteiger partial charge in [0.05, 0.1) is 5.69 Å². The molecule has 1 saturated carbocycles. The molecule has 0 unspecified atom stereocenters. The number of imidazole rings is 1. The van der Waals surface area contributed by atoms with E-state index in [1.54, 1.807) is 0 Å². The normalized spacial score (nSPS) is 14.8. The van der Waals surface area contributed by atoms with Crippen molar-refractivity contribution in [3.63, 3.8) is 0 Å². The monoisotopic (exact) mass is 405 g/mol. The third-order valence-corrected chi connectivity index (χ3v) is 6.06. The number of nitrogens with two attached hydrogens (primary N) is 1. The number of benzene rings is 1. The number of aryl methyl sites for hydroxylation is 2. The van der Waals surface area contributed by atoms with Crippen LogP contribution in [0, 0.1) is 13.8 Å². The summed E-state index contributed by atoms with van der Waals surface area (Å²) in [5, 5.41) is 6.53. The average molecular weight is 406 g/mol. The maximum Gasteiger partial charge on any atom is 0.251 e. The number of rotatable bonds is 6. The minimum atomic E-state index is -0.116. The largest absolute Gasteiger partial charge is 0.351 e. The van der Waals surface area contributed by atoms with Gasteiger partial charge in [-0.1, -0.05) is 37.5 Å². The lowest BCUT2D eigenvalue weighted by Crippen LogP contribution is -2.29. The second-order valence-electron chi connectivity index (χ2n) is 8.26. The molecule has 1 aliphatic rings. The highest BCUT2D eigenvalue weighted by Gasteiger charge is 2.24. The number of para-hydroxylation sites is 1. The van der Waals surface area contributed by atoms with E-state index < -0.39 is 0 Å². The number of nitrogens with one attached hydrogen (secondary N) is 2. The number of nitrogens with zero attached hydrogens (tertiary/aromatic N) is 2. The molecule has 2 aromatic heterocycles. The van der Waals surface area contributed by atoms with Gasteiger partial charge in [0.15, 0.2) is 0 Å². The molecule has 0 spiro atoms. The molecular weight excluding hydrogens is 374 g/mol. The maximum atomic E-state index is 12.4. The number of aromatic nitrogens is 2. The van der Waals surface area contributed by atoms with Crippen LogP contribution in [0.4, 0.5) is 11.5 Å². The summed E-state index contributed by atoms with van der Waals surface area (Å²) in [6.07, 6.45) is 8.06. The summed E-state index contributed by atoms with van der Waals surface area (Å²) in [6, 6.07) is 10.0. The first kappa shape index (κ1) is 20.4. The van der Waals surface area contributed by atoms with E-state index in [1.165, 1.54) is 30.4 Å². The van der Waals surface area contributed by atoms with E-state index in [4.69, 9.17) is 10.7 Å². The molecule has 0 aliphatic heterocycles.